The van der Waals surface area contributed by atoms with E-state index in [1.807, 2.05) is 0 Å². The highest BCUT2D eigenvalue weighted by atomic mass is 32.1. The van der Waals surface area contributed by atoms with E-state index in [4.69, 9.17) is 5.11 Å². The largest absolute Gasteiger partial charge is 0.480 e. The maximum atomic E-state index is 10.6. The Balaban J connectivity index is 2.30. The van der Waals surface area contributed by atoms with Gasteiger partial charge in [0, 0.05) is 11.8 Å². The molecule has 0 aliphatic heterocycles. The summed E-state index contributed by atoms with van der Waals surface area (Å²) in [5.74, 6) is -0.428. The molecule has 2 N–H and O–H groups in total. The van der Waals surface area contributed by atoms with E-state index in [-0.39, 0.29) is 0 Å². The van der Waals surface area contributed by atoms with Crippen LogP contribution in [0.15, 0.2) is 0 Å². The second-order valence-electron chi connectivity index (χ2n) is 3.22. The second kappa shape index (κ2) is 4.72. The van der Waals surface area contributed by atoms with Crippen LogP contribution in [0.2, 0.25) is 0 Å². The first-order valence-corrected chi connectivity index (χ1v) is 4.97. The molecule has 0 spiro atoms. The van der Waals surface area contributed by atoms with Gasteiger partial charge in [0.2, 0.25) is 0 Å². The lowest BCUT2D eigenvalue weighted by Gasteiger charge is -2.17. The van der Waals surface area contributed by atoms with E-state index in [1.54, 1.807) is 0 Å². The summed E-state index contributed by atoms with van der Waals surface area (Å²) in [6.45, 7) is 0. The molecule has 0 radical (unpaired) electrons. The molecule has 70 valence electrons. The monoisotopic (exact) mass is 189 g/mol. The molecule has 1 fully saturated rings. The van der Waals surface area contributed by atoms with E-state index in [2.05, 4.69) is 17.9 Å². The van der Waals surface area contributed by atoms with Crippen LogP contribution in [0.25, 0.3) is 0 Å². The van der Waals surface area contributed by atoms with Crippen molar-refractivity contribution in [2.45, 2.75) is 37.8 Å². The molecule has 0 amide bonds. The minimum atomic E-state index is -0.795. The summed E-state index contributed by atoms with van der Waals surface area (Å²) in [6, 6.07) is -0.0744. The number of hydrogen-bond acceptors (Lipinski definition) is 3. The fourth-order valence-corrected chi connectivity index (χ4v) is 1.84. The zero-order chi connectivity index (χ0) is 8.97. The molecule has 0 heterocycles. The topological polar surface area (TPSA) is 49.3 Å². The highest BCUT2D eigenvalue weighted by molar-refractivity contribution is 7.80. The number of rotatable bonds is 4. The molecule has 1 saturated carbocycles. The summed E-state index contributed by atoms with van der Waals surface area (Å²) < 4.78 is 0. The molecule has 3 nitrogen and oxygen atoms in total. The van der Waals surface area contributed by atoms with Crippen molar-refractivity contribution in [3.63, 3.8) is 0 Å². The van der Waals surface area contributed by atoms with Crippen LogP contribution in [0.3, 0.4) is 0 Å². The van der Waals surface area contributed by atoms with E-state index in [1.165, 1.54) is 12.8 Å². The molecular weight excluding hydrogens is 174 g/mol. The van der Waals surface area contributed by atoms with Crippen molar-refractivity contribution in [2.75, 3.05) is 5.75 Å². The van der Waals surface area contributed by atoms with Crippen molar-refractivity contribution < 1.29 is 9.90 Å². The van der Waals surface area contributed by atoms with Gasteiger partial charge in [-0.15, -0.1) is 0 Å². The molecule has 0 aromatic carbocycles. The molecule has 0 saturated heterocycles. The molecule has 12 heavy (non-hydrogen) atoms. The third-order valence-corrected chi connectivity index (χ3v) is 2.64. The summed E-state index contributed by atoms with van der Waals surface area (Å²) >= 11 is 3.98. The molecule has 0 aromatic heterocycles. The van der Waals surface area contributed by atoms with Gasteiger partial charge in [-0.25, -0.2) is 0 Å². The first-order chi connectivity index (χ1) is 5.74. The van der Waals surface area contributed by atoms with Crippen LogP contribution in [0.1, 0.15) is 25.7 Å². The van der Waals surface area contributed by atoms with Gasteiger partial charge in [0.25, 0.3) is 0 Å². The Kier molecular flexibility index (Phi) is 3.88. The van der Waals surface area contributed by atoms with Crippen LogP contribution in [0, 0.1) is 0 Å². The molecule has 1 aliphatic rings. The first kappa shape index (κ1) is 9.86. The Labute approximate surface area is 77.9 Å². The number of carbonyl (C=O) groups is 1. The summed E-state index contributed by atoms with van der Waals surface area (Å²) in [6.07, 6.45) is 4.66. The van der Waals surface area contributed by atoms with Crippen molar-refractivity contribution in [1.82, 2.24) is 5.32 Å². The number of thiol groups is 1. The Hall–Kier alpha value is -0.220. The van der Waals surface area contributed by atoms with Crippen LogP contribution in [0.4, 0.5) is 0 Å². The van der Waals surface area contributed by atoms with Crippen molar-refractivity contribution in [2.24, 2.45) is 0 Å². The van der Waals surface area contributed by atoms with E-state index in [0.717, 1.165) is 12.8 Å². The van der Waals surface area contributed by atoms with Crippen molar-refractivity contribution in [3.8, 4) is 0 Å². The van der Waals surface area contributed by atoms with E-state index in [0.29, 0.717) is 11.8 Å². The number of carboxylic acid groups (broad SMARTS) is 1. The van der Waals surface area contributed by atoms with E-state index in [9.17, 15) is 4.79 Å². The average molecular weight is 189 g/mol. The van der Waals surface area contributed by atoms with Gasteiger partial charge in [0.15, 0.2) is 0 Å². The molecule has 0 bridgehead atoms. The summed E-state index contributed by atoms with van der Waals surface area (Å²) in [5, 5.41) is 11.8. The van der Waals surface area contributed by atoms with Crippen molar-refractivity contribution in [3.05, 3.63) is 0 Å². The first-order valence-electron chi connectivity index (χ1n) is 4.33. The van der Waals surface area contributed by atoms with Gasteiger partial charge in [0.1, 0.15) is 6.04 Å². The van der Waals surface area contributed by atoms with Gasteiger partial charge >= 0.3 is 5.97 Å². The van der Waals surface area contributed by atoms with E-state index >= 15 is 0 Å². The van der Waals surface area contributed by atoms with Gasteiger partial charge in [-0.3, -0.25) is 4.79 Å². The Bertz CT molecular complexity index is 157. The van der Waals surface area contributed by atoms with Crippen molar-refractivity contribution >= 4 is 18.6 Å². The predicted octanol–water partition coefficient (Wildman–Crippen LogP) is 0.902. The Morgan fingerprint density at radius 1 is 1.58 bits per heavy atom. The fraction of sp³-hybridized carbons (Fsp3) is 0.875. The van der Waals surface area contributed by atoms with Crippen LogP contribution in [-0.4, -0.2) is 28.9 Å². The zero-order valence-electron chi connectivity index (χ0n) is 6.99. The van der Waals surface area contributed by atoms with E-state index < -0.39 is 12.0 Å². The number of nitrogens with one attached hydrogen (secondary N) is 1. The molecular formula is C8H15NO2S. The number of hydrogen-bond donors (Lipinski definition) is 3. The lowest BCUT2D eigenvalue weighted by atomic mass is 10.2. The summed E-state index contributed by atoms with van der Waals surface area (Å²) in [4.78, 5) is 10.6. The maximum Gasteiger partial charge on any atom is 0.321 e. The highest BCUT2D eigenvalue weighted by Crippen LogP contribution is 2.18. The molecule has 1 rings (SSSR count). The number of carboxylic acids is 1. The zero-order valence-corrected chi connectivity index (χ0v) is 7.89. The molecule has 1 aliphatic carbocycles. The smallest absolute Gasteiger partial charge is 0.321 e. The van der Waals surface area contributed by atoms with Crippen molar-refractivity contribution in [1.29, 1.82) is 0 Å². The van der Waals surface area contributed by atoms with Gasteiger partial charge in [-0.1, -0.05) is 12.8 Å². The maximum absolute atomic E-state index is 10.6. The minimum absolute atomic E-state index is 0.367. The lowest BCUT2D eigenvalue weighted by Crippen LogP contribution is -2.43. The molecule has 1 unspecified atom stereocenters. The third-order valence-electron chi connectivity index (χ3n) is 2.27. The average Bonchev–Trinajstić information content (AvgIpc) is 2.51. The second-order valence-corrected chi connectivity index (χ2v) is 3.59. The molecule has 4 heteroatoms. The third kappa shape index (κ3) is 2.68. The van der Waals surface area contributed by atoms with Gasteiger partial charge in [0.05, 0.1) is 0 Å². The highest BCUT2D eigenvalue weighted by Gasteiger charge is 2.22. The molecule has 1 atom stereocenters. The fourth-order valence-electron chi connectivity index (χ4n) is 1.58. The summed E-state index contributed by atoms with van der Waals surface area (Å²) in [7, 11) is 0. The Morgan fingerprint density at radius 2 is 2.17 bits per heavy atom. The minimum Gasteiger partial charge on any atom is -0.480 e. The van der Waals surface area contributed by atoms with Crippen LogP contribution in [-0.2, 0) is 4.79 Å². The normalized spacial score (nSPS) is 21.1. The predicted molar refractivity (Wildman–Crippen MR) is 50.7 cm³/mol. The number of aliphatic carboxylic acids is 1. The van der Waals surface area contributed by atoms with Gasteiger partial charge in [-0.2, -0.15) is 12.6 Å². The summed E-state index contributed by atoms with van der Waals surface area (Å²) in [5.41, 5.74) is 0. The van der Waals surface area contributed by atoms with Crippen LogP contribution in [0.5, 0.6) is 0 Å². The Morgan fingerprint density at radius 3 is 2.58 bits per heavy atom. The SMILES string of the molecule is O=C(O)C(CS)NC1CCCC1. The van der Waals surface area contributed by atoms with Gasteiger partial charge < -0.3 is 10.4 Å². The lowest BCUT2D eigenvalue weighted by molar-refractivity contribution is -0.139. The van der Waals surface area contributed by atoms with Gasteiger partial charge in [-0.05, 0) is 12.8 Å². The van der Waals surface area contributed by atoms with Crippen LogP contribution < -0.4 is 5.32 Å². The molecule has 0 aromatic rings. The quantitative estimate of drug-likeness (QED) is 0.576. The van der Waals surface area contributed by atoms with Crippen LogP contribution >= 0.6 is 12.6 Å². The standard InChI is InChI=1S/C8H15NO2S/c10-8(11)7(5-12)9-6-3-1-2-4-6/h6-7,9,12H,1-5H2,(H,10,11).